The summed E-state index contributed by atoms with van der Waals surface area (Å²) in [5, 5.41) is 4.13. The molecular weight excluding hydrogens is 336 g/mol. The van der Waals surface area contributed by atoms with Gasteiger partial charge in [0.1, 0.15) is 12.1 Å². The normalized spacial score (nSPS) is 17.5. The molecule has 0 saturated carbocycles. The lowest BCUT2D eigenvalue weighted by molar-refractivity contribution is 0.204. The highest BCUT2D eigenvalue weighted by Gasteiger charge is 2.15. The van der Waals surface area contributed by atoms with Crippen LogP contribution in [0.1, 0.15) is 26.2 Å². The van der Waals surface area contributed by atoms with Gasteiger partial charge < -0.3 is 10.2 Å². The second-order valence-corrected chi connectivity index (χ2v) is 9.04. The summed E-state index contributed by atoms with van der Waals surface area (Å²) in [6, 6.07) is 4.98. The quantitative estimate of drug-likeness (QED) is 0.851. The van der Waals surface area contributed by atoms with Crippen molar-refractivity contribution in [3.05, 3.63) is 24.5 Å². The Kier molecular flexibility index (Phi) is 5.54. The molecule has 0 amide bonds. The van der Waals surface area contributed by atoms with Gasteiger partial charge in [-0.2, -0.15) is 0 Å². The summed E-state index contributed by atoms with van der Waals surface area (Å²) in [5.41, 5.74) is 0.744. The Hall–Kier alpha value is -1.73. The highest BCUT2D eigenvalue weighted by Crippen LogP contribution is 2.23. The molecule has 6 nitrogen and oxygen atoms in total. The lowest BCUT2D eigenvalue weighted by Crippen LogP contribution is -2.35. The van der Waals surface area contributed by atoms with Crippen LogP contribution in [0.2, 0.25) is 0 Å². The molecule has 25 heavy (non-hydrogen) atoms. The largest absolute Gasteiger partial charge is 0.369 e. The first kappa shape index (κ1) is 18.1. The molecule has 1 aromatic heterocycles. The molecule has 7 heteroatoms. The Balaban J connectivity index is 1.72. The number of aromatic nitrogens is 2. The smallest absolute Gasteiger partial charge is 0.175 e. The van der Waals surface area contributed by atoms with E-state index in [2.05, 4.69) is 27.1 Å². The van der Waals surface area contributed by atoms with Gasteiger partial charge in [-0.3, -0.25) is 0 Å². The van der Waals surface area contributed by atoms with E-state index in [1.54, 1.807) is 18.2 Å². The third-order valence-corrected chi connectivity index (χ3v) is 5.78. The number of rotatable bonds is 6. The van der Waals surface area contributed by atoms with Crippen molar-refractivity contribution in [3.63, 3.8) is 0 Å². The van der Waals surface area contributed by atoms with Crippen LogP contribution in [-0.2, 0) is 9.84 Å². The summed E-state index contributed by atoms with van der Waals surface area (Å²) in [7, 11) is -3.25. The fourth-order valence-corrected chi connectivity index (χ4v) is 3.97. The Morgan fingerprint density at radius 1 is 1.20 bits per heavy atom. The second-order valence-electron chi connectivity index (χ2n) is 7.02. The average molecular weight is 362 g/mol. The number of benzene rings is 1. The van der Waals surface area contributed by atoms with E-state index in [0.717, 1.165) is 24.0 Å². The van der Waals surface area contributed by atoms with Crippen LogP contribution in [0.5, 0.6) is 0 Å². The zero-order valence-electron chi connectivity index (χ0n) is 14.9. The van der Waals surface area contributed by atoms with E-state index in [9.17, 15) is 8.42 Å². The third-order valence-electron chi connectivity index (χ3n) is 4.67. The van der Waals surface area contributed by atoms with Gasteiger partial charge in [0.25, 0.3) is 0 Å². The first-order valence-electron chi connectivity index (χ1n) is 8.84. The number of hydrogen-bond acceptors (Lipinski definition) is 6. The Morgan fingerprint density at radius 3 is 2.68 bits per heavy atom. The van der Waals surface area contributed by atoms with E-state index in [1.165, 1.54) is 44.9 Å². The maximum atomic E-state index is 11.8. The van der Waals surface area contributed by atoms with Crippen LogP contribution >= 0.6 is 0 Å². The maximum Gasteiger partial charge on any atom is 0.175 e. The van der Waals surface area contributed by atoms with Gasteiger partial charge in [-0.05, 0) is 50.0 Å². The second kappa shape index (κ2) is 7.66. The number of anilines is 1. The van der Waals surface area contributed by atoms with Crippen molar-refractivity contribution in [2.45, 2.75) is 31.1 Å². The highest BCUT2D eigenvalue weighted by molar-refractivity contribution is 7.90. The van der Waals surface area contributed by atoms with Gasteiger partial charge in [-0.15, -0.1) is 0 Å². The van der Waals surface area contributed by atoms with Gasteiger partial charge >= 0.3 is 0 Å². The summed E-state index contributed by atoms with van der Waals surface area (Å²) >= 11 is 0. The molecule has 1 aliphatic rings. The molecular formula is C18H26N4O2S. The average Bonchev–Trinajstić information content (AvgIpc) is 2.59. The number of nitrogens with one attached hydrogen (secondary N) is 1. The van der Waals surface area contributed by atoms with E-state index in [1.807, 2.05) is 0 Å². The van der Waals surface area contributed by atoms with E-state index < -0.39 is 9.84 Å². The molecule has 1 aromatic carbocycles. The van der Waals surface area contributed by atoms with Crippen LogP contribution in [0.25, 0.3) is 10.9 Å². The predicted molar refractivity (Wildman–Crippen MR) is 101 cm³/mol. The summed E-state index contributed by atoms with van der Waals surface area (Å²) in [6.07, 6.45) is 6.67. The molecule has 3 rings (SSSR count). The molecule has 0 bridgehead atoms. The van der Waals surface area contributed by atoms with Crippen molar-refractivity contribution in [2.24, 2.45) is 5.92 Å². The van der Waals surface area contributed by atoms with Crippen molar-refractivity contribution in [3.8, 4) is 0 Å². The summed E-state index contributed by atoms with van der Waals surface area (Å²) in [5.74, 6) is 1.18. The number of hydrogen-bond donors (Lipinski definition) is 1. The molecule has 2 aromatic rings. The van der Waals surface area contributed by atoms with Crippen LogP contribution in [0, 0.1) is 5.92 Å². The number of likely N-dealkylation sites (tertiary alicyclic amines) is 1. The fourth-order valence-electron chi connectivity index (χ4n) is 3.33. The maximum absolute atomic E-state index is 11.8. The van der Waals surface area contributed by atoms with Gasteiger partial charge in [-0.25, -0.2) is 18.4 Å². The standard InChI is InChI=1S/C18H26N4O2S/c1-14(12-22-8-4-3-5-9-22)11-19-18-16-10-15(25(2,23)24)6-7-17(16)20-13-21-18/h6-7,10,13-14H,3-5,8-9,11-12H2,1-2H3,(H,19,20,21). The molecule has 1 N–H and O–H groups in total. The van der Waals surface area contributed by atoms with E-state index in [0.29, 0.717) is 16.6 Å². The monoisotopic (exact) mass is 362 g/mol. The third kappa shape index (κ3) is 4.67. The molecule has 136 valence electrons. The molecule has 0 spiro atoms. The number of nitrogens with zero attached hydrogens (tertiary/aromatic N) is 3. The fraction of sp³-hybridized carbons (Fsp3) is 0.556. The van der Waals surface area contributed by atoms with Gasteiger partial charge in [0.05, 0.1) is 10.4 Å². The van der Waals surface area contributed by atoms with Gasteiger partial charge in [0.2, 0.25) is 0 Å². The molecule has 1 saturated heterocycles. The SMILES string of the molecule is CC(CNc1ncnc2ccc(S(C)(=O)=O)cc12)CN1CCCCC1. The minimum atomic E-state index is -3.25. The lowest BCUT2D eigenvalue weighted by Gasteiger charge is -2.29. The molecule has 1 atom stereocenters. The van der Waals surface area contributed by atoms with Crippen molar-refractivity contribution in [1.82, 2.24) is 14.9 Å². The zero-order chi connectivity index (χ0) is 17.9. The molecule has 1 fully saturated rings. The van der Waals surface area contributed by atoms with Crippen LogP contribution in [0.4, 0.5) is 5.82 Å². The van der Waals surface area contributed by atoms with Crippen molar-refractivity contribution in [2.75, 3.05) is 37.8 Å². The molecule has 0 aliphatic carbocycles. The van der Waals surface area contributed by atoms with E-state index >= 15 is 0 Å². The van der Waals surface area contributed by atoms with Crippen molar-refractivity contribution in [1.29, 1.82) is 0 Å². The van der Waals surface area contributed by atoms with Crippen LogP contribution in [0.15, 0.2) is 29.4 Å². The minimum absolute atomic E-state index is 0.291. The Labute approximate surface area is 149 Å². The first-order chi connectivity index (χ1) is 11.9. The van der Waals surface area contributed by atoms with Crippen LogP contribution in [-0.4, -0.2) is 55.7 Å². The zero-order valence-corrected chi connectivity index (χ0v) is 15.7. The molecule has 2 heterocycles. The van der Waals surface area contributed by atoms with Crippen LogP contribution in [0.3, 0.4) is 0 Å². The number of fused-ring (bicyclic) bond motifs is 1. The molecule has 1 unspecified atom stereocenters. The van der Waals surface area contributed by atoms with Gasteiger partial charge in [0.15, 0.2) is 9.84 Å². The first-order valence-corrected chi connectivity index (χ1v) is 10.7. The summed E-state index contributed by atoms with van der Waals surface area (Å²) < 4.78 is 23.6. The van der Waals surface area contributed by atoms with Crippen molar-refractivity contribution < 1.29 is 8.42 Å². The number of piperidine rings is 1. The lowest BCUT2D eigenvalue weighted by atomic mass is 10.1. The highest BCUT2D eigenvalue weighted by atomic mass is 32.2. The van der Waals surface area contributed by atoms with Crippen LogP contribution < -0.4 is 5.32 Å². The number of sulfone groups is 1. The van der Waals surface area contributed by atoms with Gasteiger partial charge in [0, 0.05) is 24.7 Å². The predicted octanol–water partition coefficient (Wildman–Crippen LogP) is 2.57. The summed E-state index contributed by atoms with van der Waals surface area (Å²) in [4.78, 5) is 11.4. The molecule has 0 radical (unpaired) electrons. The molecule has 1 aliphatic heterocycles. The Bertz CT molecular complexity index is 832. The summed E-state index contributed by atoms with van der Waals surface area (Å²) in [6.45, 7) is 6.49. The minimum Gasteiger partial charge on any atom is -0.369 e. The Morgan fingerprint density at radius 2 is 1.96 bits per heavy atom. The van der Waals surface area contributed by atoms with E-state index in [-0.39, 0.29) is 0 Å². The topological polar surface area (TPSA) is 75.2 Å². The van der Waals surface area contributed by atoms with Gasteiger partial charge in [-0.1, -0.05) is 13.3 Å². The van der Waals surface area contributed by atoms with Crippen molar-refractivity contribution >= 4 is 26.6 Å². The van der Waals surface area contributed by atoms with E-state index in [4.69, 9.17) is 0 Å².